The van der Waals surface area contributed by atoms with Gasteiger partial charge in [0, 0.05) is 17.8 Å². The van der Waals surface area contributed by atoms with Gasteiger partial charge in [-0.15, -0.1) is 0 Å². The number of nitrogens with zero attached hydrogens (tertiary/aromatic N) is 1. The summed E-state index contributed by atoms with van der Waals surface area (Å²) in [4.78, 5) is 25.8. The molecule has 0 radical (unpaired) electrons. The Morgan fingerprint density at radius 2 is 1.80 bits per heavy atom. The van der Waals surface area contributed by atoms with Crippen molar-refractivity contribution < 1.29 is 19.1 Å². The smallest absolute Gasteiger partial charge is 0.411 e. The molecule has 1 aromatic rings. The van der Waals surface area contributed by atoms with Crippen molar-refractivity contribution in [2.24, 2.45) is 0 Å². The minimum absolute atomic E-state index is 0.0262. The fourth-order valence-corrected chi connectivity index (χ4v) is 3.30. The fourth-order valence-electron chi connectivity index (χ4n) is 3.30. The zero-order valence-electron chi connectivity index (χ0n) is 15.3. The van der Waals surface area contributed by atoms with E-state index in [1.165, 1.54) is 26.4 Å². The normalized spacial score (nSPS) is 14.9. The predicted molar refractivity (Wildman–Crippen MR) is 96.8 cm³/mol. The van der Waals surface area contributed by atoms with E-state index < -0.39 is 6.09 Å². The van der Waals surface area contributed by atoms with Crippen LogP contribution >= 0.6 is 0 Å². The molecule has 1 saturated carbocycles. The van der Waals surface area contributed by atoms with E-state index in [4.69, 9.17) is 4.74 Å². The molecule has 1 aliphatic rings. The molecule has 0 spiro atoms. The first-order valence-electron chi connectivity index (χ1n) is 8.90. The molecule has 0 aromatic heterocycles. The molecule has 6 nitrogen and oxygen atoms in total. The van der Waals surface area contributed by atoms with E-state index in [1.54, 1.807) is 24.3 Å². The summed E-state index contributed by atoms with van der Waals surface area (Å²) in [6, 6.07) is 7.36. The van der Waals surface area contributed by atoms with Gasteiger partial charge in [0.25, 0.3) is 5.91 Å². The van der Waals surface area contributed by atoms with Crippen molar-refractivity contribution in [3.8, 4) is 5.75 Å². The van der Waals surface area contributed by atoms with Gasteiger partial charge in [0.15, 0.2) is 6.61 Å². The monoisotopic (exact) mass is 348 g/mol. The van der Waals surface area contributed by atoms with Crippen molar-refractivity contribution in [2.75, 3.05) is 19.0 Å². The lowest BCUT2D eigenvalue weighted by Crippen LogP contribution is -2.47. The van der Waals surface area contributed by atoms with E-state index in [9.17, 15) is 9.59 Å². The minimum atomic E-state index is -0.524. The molecule has 0 saturated heterocycles. The number of carbonyl (C=O) groups excluding carboxylic acids is 2. The summed E-state index contributed by atoms with van der Waals surface area (Å²) in [7, 11) is 1.31. The van der Waals surface area contributed by atoms with Gasteiger partial charge in [0.05, 0.1) is 7.11 Å². The van der Waals surface area contributed by atoms with Crippen LogP contribution in [0.15, 0.2) is 24.3 Å². The van der Waals surface area contributed by atoms with Gasteiger partial charge in [-0.05, 0) is 51.0 Å². The number of carbonyl (C=O) groups is 2. The van der Waals surface area contributed by atoms with Crippen LogP contribution in [0.4, 0.5) is 10.5 Å². The highest BCUT2D eigenvalue weighted by molar-refractivity contribution is 5.84. The van der Waals surface area contributed by atoms with Crippen LogP contribution in [-0.2, 0) is 9.53 Å². The van der Waals surface area contributed by atoms with Crippen LogP contribution in [-0.4, -0.2) is 42.7 Å². The number of anilines is 1. The second-order valence-electron chi connectivity index (χ2n) is 6.62. The average Bonchev–Trinajstić information content (AvgIpc) is 2.61. The quantitative estimate of drug-likeness (QED) is 0.849. The highest BCUT2D eigenvalue weighted by Gasteiger charge is 2.27. The molecule has 0 unspecified atom stereocenters. The Morgan fingerprint density at radius 3 is 2.36 bits per heavy atom. The van der Waals surface area contributed by atoms with Gasteiger partial charge in [-0.3, -0.25) is 10.1 Å². The Morgan fingerprint density at radius 1 is 1.16 bits per heavy atom. The van der Waals surface area contributed by atoms with Crippen LogP contribution in [0, 0.1) is 0 Å². The van der Waals surface area contributed by atoms with Gasteiger partial charge >= 0.3 is 6.09 Å². The molecule has 6 heteroatoms. The average molecular weight is 348 g/mol. The SMILES string of the molecule is COC(=O)Nc1ccc(OCC(=O)N(C(C)C)C2CCCCC2)cc1. The highest BCUT2D eigenvalue weighted by Crippen LogP contribution is 2.24. The van der Waals surface area contributed by atoms with Crippen LogP contribution in [0.5, 0.6) is 5.75 Å². The first-order chi connectivity index (χ1) is 12.0. The topological polar surface area (TPSA) is 67.9 Å². The number of ether oxygens (including phenoxy) is 2. The lowest BCUT2D eigenvalue weighted by Gasteiger charge is -2.37. The van der Waals surface area contributed by atoms with Gasteiger partial charge in [-0.1, -0.05) is 19.3 Å². The molecule has 1 fully saturated rings. The third-order valence-corrected chi connectivity index (χ3v) is 4.46. The second-order valence-corrected chi connectivity index (χ2v) is 6.62. The predicted octanol–water partition coefficient (Wildman–Crippen LogP) is 3.81. The molecular weight excluding hydrogens is 320 g/mol. The van der Waals surface area contributed by atoms with E-state index in [0.717, 1.165) is 12.8 Å². The molecule has 0 heterocycles. The van der Waals surface area contributed by atoms with Gasteiger partial charge in [0.1, 0.15) is 5.75 Å². The first kappa shape index (κ1) is 19.1. The Labute approximate surface area is 149 Å². The Balaban J connectivity index is 1.89. The summed E-state index contributed by atoms with van der Waals surface area (Å²) in [5.74, 6) is 0.620. The summed E-state index contributed by atoms with van der Waals surface area (Å²) in [5, 5.41) is 2.57. The van der Waals surface area contributed by atoms with Crippen molar-refractivity contribution in [1.82, 2.24) is 4.90 Å². The first-order valence-corrected chi connectivity index (χ1v) is 8.90. The zero-order valence-corrected chi connectivity index (χ0v) is 15.3. The van der Waals surface area contributed by atoms with Crippen molar-refractivity contribution in [3.05, 3.63) is 24.3 Å². The molecule has 0 bridgehead atoms. The summed E-state index contributed by atoms with van der Waals surface area (Å²) in [5.41, 5.74) is 0.608. The zero-order chi connectivity index (χ0) is 18.2. The van der Waals surface area contributed by atoms with Crippen LogP contribution < -0.4 is 10.1 Å². The van der Waals surface area contributed by atoms with E-state index in [2.05, 4.69) is 23.9 Å². The maximum absolute atomic E-state index is 12.6. The van der Waals surface area contributed by atoms with Crippen LogP contribution in [0.25, 0.3) is 0 Å². The minimum Gasteiger partial charge on any atom is -0.484 e. The van der Waals surface area contributed by atoms with Gasteiger partial charge in [-0.2, -0.15) is 0 Å². The summed E-state index contributed by atoms with van der Waals surface area (Å²) in [6.07, 6.45) is 5.28. The number of hydrogen-bond donors (Lipinski definition) is 1. The Bertz CT molecular complexity index is 565. The van der Waals surface area contributed by atoms with Crippen LogP contribution in [0.2, 0.25) is 0 Å². The molecule has 138 valence electrons. The molecule has 1 aromatic carbocycles. The number of methoxy groups -OCH3 is 1. The molecular formula is C19H28N2O4. The second kappa shape index (κ2) is 9.30. The number of rotatable bonds is 6. The molecule has 0 aliphatic heterocycles. The molecule has 2 rings (SSSR count). The molecule has 1 aliphatic carbocycles. The van der Waals surface area contributed by atoms with Crippen molar-refractivity contribution >= 4 is 17.7 Å². The van der Waals surface area contributed by atoms with Gasteiger partial charge in [0.2, 0.25) is 0 Å². The van der Waals surface area contributed by atoms with Crippen LogP contribution in [0.3, 0.4) is 0 Å². The maximum atomic E-state index is 12.6. The van der Waals surface area contributed by atoms with E-state index in [1.807, 2.05) is 4.90 Å². The number of nitrogens with one attached hydrogen (secondary N) is 1. The van der Waals surface area contributed by atoms with Gasteiger partial charge < -0.3 is 14.4 Å². The largest absolute Gasteiger partial charge is 0.484 e. The van der Waals surface area contributed by atoms with Crippen LogP contribution in [0.1, 0.15) is 46.0 Å². The molecule has 2 amide bonds. The van der Waals surface area contributed by atoms with Crippen molar-refractivity contribution in [1.29, 1.82) is 0 Å². The van der Waals surface area contributed by atoms with Crippen molar-refractivity contribution in [3.63, 3.8) is 0 Å². The Hall–Kier alpha value is -2.24. The molecule has 1 N–H and O–H groups in total. The van der Waals surface area contributed by atoms with Gasteiger partial charge in [-0.25, -0.2) is 4.79 Å². The number of benzene rings is 1. The third kappa shape index (κ3) is 5.66. The molecule has 25 heavy (non-hydrogen) atoms. The number of hydrogen-bond acceptors (Lipinski definition) is 4. The number of amides is 2. The summed E-state index contributed by atoms with van der Waals surface area (Å²) >= 11 is 0. The highest BCUT2D eigenvalue weighted by atomic mass is 16.5. The van der Waals surface area contributed by atoms with E-state index >= 15 is 0 Å². The maximum Gasteiger partial charge on any atom is 0.411 e. The summed E-state index contributed by atoms with van der Waals surface area (Å²) in [6.45, 7) is 4.14. The Kier molecular flexibility index (Phi) is 7.10. The van der Waals surface area contributed by atoms with E-state index in [0.29, 0.717) is 17.5 Å². The molecule has 0 atom stereocenters. The van der Waals surface area contributed by atoms with E-state index in [-0.39, 0.29) is 18.6 Å². The third-order valence-electron chi connectivity index (χ3n) is 4.46. The fraction of sp³-hybridized carbons (Fsp3) is 0.579. The summed E-state index contributed by atoms with van der Waals surface area (Å²) < 4.78 is 10.2. The standard InChI is InChI=1S/C19H28N2O4/c1-14(2)21(16-7-5-4-6-8-16)18(22)13-25-17-11-9-15(10-12-17)20-19(23)24-3/h9-12,14,16H,4-8,13H2,1-3H3,(H,20,23). The lowest BCUT2D eigenvalue weighted by molar-refractivity contribution is -0.138. The van der Waals surface area contributed by atoms with Crippen molar-refractivity contribution in [2.45, 2.75) is 58.0 Å². The lowest BCUT2D eigenvalue weighted by atomic mass is 9.93.